The van der Waals surface area contributed by atoms with E-state index in [1.165, 1.54) is 0 Å². The minimum absolute atomic E-state index is 0.249. The molecule has 104 valence electrons. The summed E-state index contributed by atoms with van der Waals surface area (Å²) >= 11 is 0. The van der Waals surface area contributed by atoms with Gasteiger partial charge in [0.15, 0.2) is 5.78 Å². The van der Waals surface area contributed by atoms with Gasteiger partial charge in [0.05, 0.1) is 6.54 Å². The Kier molecular flexibility index (Phi) is 5.11. The summed E-state index contributed by atoms with van der Waals surface area (Å²) in [5.74, 6) is 0.249. The predicted molar refractivity (Wildman–Crippen MR) is 78.6 cm³/mol. The van der Waals surface area contributed by atoms with E-state index in [0.29, 0.717) is 12.6 Å². The van der Waals surface area contributed by atoms with Crippen molar-refractivity contribution in [3.05, 3.63) is 35.4 Å². The molecule has 0 amide bonds. The lowest BCUT2D eigenvalue weighted by molar-refractivity contribution is 0.0873. The first-order valence-electron chi connectivity index (χ1n) is 7.26. The van der Waals surface area contributed by atoms with Gasteiger partial charge in [0, 0.05) is 11.6 Å². The molecule has 1 aromatic rings. The molecule has 1 N–H and O–H groups in total. The molecule has 0 unspecified atom stereocenters. The maximum Gasteiger partial charge on any atom is 0.177 e. The first-order valence-corrected chi connectivity index (χ1v) is 7.26. The molecule has 0 aromatic heterocycles. The number of ketones is 1. The number of nitrogens with zero attached hydrogens (tertiary/aromatic N) is 1. The molecular weight excluding hydrogens is 236 g/mol. The van der Waals surface area contributed by atoms with Crippen molar-refractivity contribution in [2.24, 2.45) is 0 Å². The number of rotatable bonds is 5. The lowest BCUT2D eigenvalue weighted by Crippen LogP contribution is -2.45. The van der Waals surface area contributed by atoms with E-state index in [1.807, 2.05) is 31.2 Å². The molecule has 0 spiro atoms. The molecule has 1 fully saturated rings. The summed E-state index contributed by atoms with van der Waals surface area (Å²) in [6, 6.07) is 8.43. The Morgan fingerprint density at radius 3 is 2.63 bits per heavy atom. The molecule has 0 aliphatic carbocycles. The van der Waals surface area contributed by atoms with Crippen LogP contribution in [0.3, 0.4) is 0 Å². The minimum atomic E-state index is 0.249. The summed E-state index contributed by atoms with van der Waals surface area (Å²) in [6.07, 6.45) is 2.30. The SMILES string of the molecule is CCN(CC(=O)c1ccccc1C)C1CCNCC1. The molecule has 0 bridgehead atoms. The van der Waals surface area contributed by atoms with Gasteiger partial charge in [0.2, 0.25) is 0 Å². The van der Waals surface area contributed by atoms with Crippen LogP contribution in [-0.4, -0.2) is 42.9 Å². The molecule has 0 radical (unpaired) electrons. The first-order chi connectivity index (χ1) is 9.22. The number of Topliss-reactive ketones (excluding diaryl/α,β-unsaturated/α-hetero) is 1. The Morgan fingerprint density at radius 2 is 2.00 bits per heavy atom. The van der Waals surface area contributed by atoms with Crippen LogP contribution in [0.2, 0.25) is 0 Å². The average Bonchev–Trinajstić information content (AvgIpc) is 2.46. The minimum Gasteiger partial charge on any atom is -0.317 e. The van der Waals surface area contributed by atoms with Gasteiger partial charge in [-0.05, 0) is 45.0 Å². The summed E-state index contributed by atoms with van der Waals surface area (Å²) in [5, 5.41) is 3.38. The van der Waals surface area contributed by atoms with Crippen LogP contribution in [0.4, 0.5) is 0 Å². The van der Waals surface area contributed by atoms with E-state index < -0.39 is 0 Å². The molecule has 2 rings (SSSR count). The Hall–Kier alpha value is -1.19. The van der Waals surface area contributed by atoms with Crippen molar-refractivity contribution in [2.75, 3.05) is 26.2 Å². The maximum absolute atomic E-state index is 12.4. The van der Waals surface area contributed by atoms with E-state index in [0.717, 1.165) is 43.6 Å². The summed E-state index contributed by atoms with van der Waals surface area (Å²) in [6.45, 7) is 7.79. The molecule has 19 heavy (non-hydrogen) atoms. The molecule has 0 saturated carbocycles. The summed E-state index contributed by atoms with van der Waals surface area (Å²) in [7, 11) is 0. The van der Waals surface area contributed by atoms with Crippen LogP contribution in [0, 0.1) is 6.92 Å². The molecule has 1 saturated heterocycles. The smallest absolute Gasteiger partial charge is 0.177 e. The number of aryl methyl sites for hydroxylation is 1. The van der Waals surface area contributed by atoms with Gasteiger partial charge in [-0.25, -0.2) is 0 Å². The number of likely N-dealkylation sites (N-methyl/N-ethyl adjacent to an activating group) is 1. The molecule has 3 heteroatoms. The van der Waals surface area contributed by atoms with Crippen molar-refractivity contribution in [3.8, 4) is 0 Å². The van der Waals surface area contributed by atoms with Gasteiger partial charge in [-0.2, -0.15) is 0 Å². The van der Waals surface area contributed by atoms with Gasteiger partial charge < -0.3 is 5.32 Å². The third-order valence-corrected chi connectivity index (χ3v) is 4.02. The quantitative estimate of drug-likeness (QED) is 0.824. The van der Waals surface area contributed by atoms with Crippen molar-refractivity contribution in [1.29, 1.82) is 0 Å². The van der Waals surface area contributed by atoms with Crippen LogP contribution in [0.15, 0.2) is 24.3 Å². The fourth-order valence-corrected chi connectivity index (χ4v) is 2.83. The van der Waals surface area contributed by atoms with E-state index in [4.69, 9.17) is 0 Å². The van der Waals surface area contributed by atoms with Crippen LogP contribution in [0.1, 0.15) is 35.7 Å². The molecule has 3 nitrogen and oxygen atoms in total. The second kappa shape index (κ2) is 6.83. The van der Waals surface area contributed by atoms with Crippen molar-refractivity contribution >= 4 is 5.78 Å². The van der Waals surface area contributed by atoms with Crippen LogP contribution >= 0.6 is 0 Å². The van der Waals surface area contributed by atoms with Crippen molar-refractivity contribution in [3.63, 3.8) is 0 Å². The third-order valence-electron chi connectivity index (χ3n) is 4.02. The van der Waals surface area contributed by atoms with Gasteiger partial charge in [0.25, 0.3) is 0 Å². The summed E-state index contributed by atoms with van der Waals surface area (Å²) < 4.78 is 0. The lowest BCUT2D eigenvalue weighted by Gasteiger charge is -2.33. The van der Waals surface area contributed by atoms with Gasteiger partial charge in [0.1, 0.15) is 0 Å². The Labute approximate surface area is 116 Å². The van der Waals surface area contributed by atoms with E-state index in [9.17, 15) is 4.79 Å². The Balaban J connectivity index is 2.01. The van der Waals surface area contributed by atoms with Gasteiger partial charge in [-0.15, -0.1) is 0 Å². The molecule has 1 aromatic carbocycles. The molecular formula is C16H24N2O. The Bertz CT molecular complexity index is 425. The Morgan fingerprint density at radius 1 is 1.32 bits per heavy atom. The van der Waals surface area contributed by atoms with Crippen molar-refractivity contribution in [1.82, 2.24) is 10.2 Å². The standard InChI is InChI=1S/C16H24N2O/c1-3-18(14-8-10-17-11-9-14)12-16(19)15-7-5-4-6-13(15)2/h4-7,14,17H,3,8-12H2,1-2H3. The number of benzene rings is 1. The summed E-state index contributed by atoms with van der Waals surface area (Å²) in [5.41, 5.74) is 1.95. The van der Waals surface area contributed by atoms with Crippen molar-refractivity contribution in [2.45, 2.75) is 32.7 Å². The highest BCUT2D eigenvalue weighted by Gasteiger charge is 2.22. The van der Waals surface area contributed by atoms with E-state index >= 15 is 0 Å². The number of hydrogen-bond donors (Lipinski definition) is 1. The second-order valence-electron chi connectivity index (χ2n) is 5.28. The zero-order valence-corrected chi connectivity index (χ0v) is 12.0. The van der Waals surface area contributed by atoms with Crippen LogP contribution in [0.25, 0.3) is 0 Å². The second-order valence-corrected chi connectivity index (χ2v) is 5.28. The third kappa shape index (κ3) is 3.64. The van der Waals surface area contributed by atoms with Gasteiger partial charge >= 0.3 is 0 Å². The number of carbonyl (C=O) groups excluding carboxylic acids is 1. The number of carbonyl (C=O) groups is 1. The lowest BCUT2D eigenvalue weighted by atomic mass is 10.0. The number of hydrogen-bond acceptors (Lipinski definition) is 3. The molecule has 1 aliphatic rings. The van der Waals surface area contributed by atoms with E-state index in [2.05, 4.69) is 17.1 Å². The zero-order valence-electron chi connectivity index (χ0n) is 12.0. The highest BCUT2D eigenvalue weighted by Crippen LogP contribution is 2.14. The predicted octanol–water partition coefficient (Wildman–Crippen LogP) is 2.25. The van der Waals surface area contributed by atoms with Crippen LogP contribution in [0.5, 0.6) is 0 Å². The van der Waals surface area contributed by atoms with Crippen molar-refractivity contribution < 1.29 is 4.79 Å². The average molecular weight is 260 g/mol. The highest BCUT2D eigenvalue weighted by atomic mass is 16.1. The zero-order chi connectivity index (χ0) is 13.7. The number of piperidine rings is 1. The fourth-order valence-electron chi connectivity index (χ4n) is 2.83. The van der Waals surface area contributed by atoms with E-state index in [1.54, 1.807) is 0 Å². The largest absolute Gasteiger partial charge is 0.317 e. The summed E-state index contributed by atoms with van der Waals surface area (Å²) in [4.78, 5) is 14.7. The van der Waals surface area contributed by atoms with E-state index in [-0.39, 0.29) is 5.78 Å². The maximum atomic E-state index is 12.4. The number of nitrogens with one attached hydrogen (secondary N) is 1. The first kappa shape index (κ1) is 14.2. The monoisotopic (exact) mass is 260 g/mol. The molecule has 0 atom stereocenters. The van der Waals surface area contributed by atoms with Crippen LogP contribution in [-0.2, 0) is 0 Å². The van der Waals surface area contributed by atoms with Gasteiger partial charge in [-0.3, -0.25) is 9.69 Å². The van der Waals surface area contributed by atoms with Gasteiger partial charge in [-0.1, -0.05) is 31.2 Å². The van der Waals surface area contributed by atoms with Crippen LogP contribution < -0.4 is 5.32 Å². The molecule has 1 heterocycles. The fraction of sp³-hybridized carbons (Fsp3) is 0.562. The molecule has 1 aliphatic heterocycles. The highest BCUT2D eigenvalue weighted by molar-refractivity contribution is 5.98. The topological polar surface area (TPSA) is 32.3 Å². The normalized spacial score (nSPS) is 16.8.